The Hall–Kier alpha value is -1.32. The lowest BCUT2D eigenvalue weighted by molar-refractivity contribution is 0.297. The van der Waals surface area contributed by atoms with Crippen LogP contribution in [0.25, 0.3) is 0 Å². The average molecular weight is 311 g/mol. The third kappa shape index (κ3) is 3.62. The van der Waals surface area contributed by atoms with Crippen LogP contribution in [-0.2, 0) is 6.61 Å². The van der Waals surface area contributed by atoms with Crippen molar-refractivity contribution < 1.29 is 4.74 Å². The quantitative estimate of drug-likeness (QED) is 0.814. The average Bonchev–Trinajstić information content (AvgIpc) is 2.39. The Morgan fingerprint density at radius 1 is 1.15 bits per heavy atom. The summed E-state index contributed by atoms with van der Waals surface area (Å²) in [5.74, 6) is 1.16. The molecule has 1 aromatic heterocycles. The number of benzene rings is 1. The van der Waals surface area contributed by atoms with Gasteiger partial charge in [0, 0.05) is 5.02 Å². The van der Waals surface area contributed by atoms with Crippen molar-refractivity contribution in [1.82, 2.24) is 10.2 Å². The highest BCUT2D eigenvalue weighted by atomic mass is 35.5. The van der Waals surface area contributed by atoms with Gasteiger partial charge < -0.3 is 4.74 Å². The standard InChI is InChI=1S/C15H16Cl2N2O/c1-9(2)12-7-14(10(3)6-13(12)16)20-8-11-4-5-15(17)19-18-11/h4-7,9H,8H2,1-3H3. The van der Waals surface area contributed by atoms with Crippen LogP contribution < -0.4 is 4.74 Å². The molecule has 0 N–H and O–H groups in total. The lowest BCUT2D eigenvalue weighted by Gasteiger charge is -2.14. The summed E-state index contributed by atoms with van der Waals surface area (Å²) in [7, 11) is 0. The van der Waals surface area contributed by atoms with Crippen molar-refractivity contribution in [1.29, 1.82) is 0 Å². The number of nitrogens with zero attached hydrogens (tertiary/aromatic N) is 2. The molecule has 20 heavy (non-hydrogen) atoms. The molecular formula is C15H16Cl2N2O. The molecule has 1 aromatic carbocycles. The van der Waals surface area contributed by atoms with Crippen molar-refractivity contribution in [2.75, 3.05) is 0 Å². The molecule has 0 unspecified atom stereocenters. The summed E-state index contributed by atoms with van der Waals surface area (Å²) in [6.45, 7) is 6.53. The third-order valence-corrected chi connectivity index (χ3v) is 3.51. The zero-order valence-corrected chi connectivity index (χ0v) is 13.2. The van der Waals surface area contributed by atoms with Crippen LogP contribution in [0.1, 0.15) is 36.6 Å². The summed E-state index contributed by atoms with van der Waals surface area (Å²) in [5, 5.41) is 8.90. The van der Waals surface area contributed by atoms with Gasteiger partial charge in [0.25, 0.3) is 0 Å². The van der Waals surface area contributed by atoms with Gasteiger partial charge in [-0.15, -0.1) is 5.10 Å². The molecule has 2 rings (SSSR count). The van der Waals surface area contributed by atoms with E-state index in [-0.39, 0.29) is 0 Å². The van der Waals surface area contributed by atoms with Crippen LogP contribution in [0.3, 0.4) is 0 Å². The molecule has 3 nitrogen and oxygen atoms in total. The zero-order chi connectivity index (χ0) is 14.7. The molecule has 0 radical (unpaired) electrons. The van der Waals surface area contributed by atoms with Crippen LogP contribution in [0, 0.1) is 6.92 Å². The van der Waals surface area contributed by atoms with Crippen molar-refractivity contribution in [3.05, 3.63) is 51.3 Å². The highest BCUT2D eigenvalue weighted by molar-refractivity contribution is 6.31. The maximum Gasteiger partial charge on any atom is 0.151 e. The van der Waals surface area contributed by atoms with Gasteiger partial charge in [-0.3, -0.25) is 0 Å². The van der Waals surface area contributed by atoms with E-state index in [4.69, 9.17) is 27.9 Å². The van der Waals surface area contributed by atoms with E-state index >= 15 is 0 Å². The minimum absolute atomic E-state index is 0.348. The Bertz CT molecular complexity index is 598. The summed E-state index contributed by atoms with van der Waals surface area (Å²) in [4.78, 5) is 0. The molecule has 0 atom stereocenters. The van der Waals surface area contributed by atoms with Gasteiger partial charge in [0.15, 0.2) is 5.15 Å². The Morgan fingerprint density at radius 2 is 1.90 bits per heavy atom. The maximum absolute atomic E-state index is 6.24. The Morgan fingerprint density at radius 3 is 2.50 bits per heavy atom. The van der Waals surface area contributed by atoms with Crippen LogP contribution in [0.15, 0.2) is 24.3 Å². The number of aromatic nitrogens is 2. The van der Waals surface area contributed by atoms with Gasteiger partial charge in [-0.2, -0.15) is 5.10 Å². The number of hydrogen-bond donors (Lipinski definition) is 0. The Labute approximate surface area is 128 Å². The second-order valence-electron chi connectivity index (χ2n) is 4.93. The van der Waals surface area contributed by atoms with E-state index in [1.807, 2.05) is 19.1 Å². The highest BCUT2D eigenvalue weighted by Gasteiger charge is 2.10. The molecule has 0 fully saturated rings. The number of aryl methyl sites for hydroxylation is 1. The second kappa shape index (κ2) is 6.42. The molecule has 0 amide bonds. The first-order valence-electron chi connectivity index (χ1n) is 6.38. The summed E-state index contributed by atoms with van der Waals surface area (Å²) in [6.07, 6.45) is 0. The first kappa shape index (κ1) is 15.1. The fraction of sp³-hybridized carbons (Fsp3) is 0.333. The first-order chi connectivity index (χ1) is 9.47. The van der Waals surface area contributed by atoms with Gasteiger partial charge in [0.2, 0.25) is 0 Å². The molecule has 106 valence electrons. The van der Waals surface area contributed by atoms with E-state index in [1.165, 1.54) is 0 Å². The lowest BCUT2D eigenvalue weighted by Crippen LogP contribution is -2.02. The monoisotopic (exact) mass is 310 g/mol. The number of halogens is 2. The topological polar surface area (TPSA) is 35.0 Å². The molecule has 0 saturated heterocycles. The Kier molecular flexibility index (Phi) is 4.84. The minimum atomic E-state index is 0.348. The van der Waals surface area contributed by atoms with E-state index in [9.17, 15) is 0 Å². The van der Waals surface area contributed by atoms with Gasteiger partial charge in [-0.25, -0.2) is 0 Å². The van der Waals surface area contributed by atoms with E-state index < -0.39 is 0 Å². The van der Waals surface area contributed by atoms with Gasteiger partial charge in [0.1, 0.15) is 18.1 Å². The number of rotatable bonds is 4. The summed E-state index contributed by atoms with van der Waals surface area (Å²) >= 11 is 11.9. The summed E-state index contributed by atoms with van der Waals surface area (Å²) in [5.41, 5.74) is 2.81. The fourth-order valence-corrected chi connectivity index (χ4v) is 2.38. The first-order valence-corrected chi connectivity index (χ1v) is 7.14. The van der Waals surface area contributed by atoms with Crippen LogP contribution in [0.4, 0.5) is 0 Å². The maximum atomic E-state index is 6.24. The van der Waals surface area contributed by atoms with Gasteiger partial charge in [-0.05, 0) is 48.2 Å². The van der Waals surface area contributed by atoms with Crippen molar-refractivity contribution in [3.8, 4) is 5.75 Å². The SMILES string of the molecule is Cc1cc(Cl)c(C(C)C)cc1OCc1ccc(Cl)nn1. The van der Waals surface area contributed by atoms with Crippen molar-refractivity contribution in [2.24, 2.45) is 0 Å². The third-order valence-electron chi connectivity index (χ3n) is 2.98. The molecule has 0 saturated carbocycles. The summed E-state index contributed by atoms with van der Waals surface area (Å²) < 4.78 is 5.80. The van der Waals surface area contributed by atoms with Gasteiger partial charge in [0.05, 0.1) is 0 Å². The van der Waals surface area contributed by atoms with E-state index in [2.05, 4.69) is 24.0 Å². The fourth-order valence-electron chi connectivity index (χ4n) is 1.84. The summed E-state index contributed by atoms with van der Waals surface area (Å²) in [6, 6.07) is 7.41. The van der Waals surface area contributed by atoms with Crippen LogP contribution in [0.5, 0.6) is 5.75 Å². The lowest BCUT2D eigenvalue weighted by atomic mass is 10.0. The smallest absolute Gasteiger partial charge is 0.151 e. The molecule has 0 aliphatic carbocycles. The zero-order valence-electron chi connectivity index (χ0n) is 11.7. The van der Waals surface area contributed by atoms with E-state index in [0.29, 0.717) is 17.7 Å². The van der Waals surface area contributed by atoms with Crippen molar-refractivity contribution in [2.45, 2.75) is 33.3 Å². The van der Waals surface area contributed by atoms with E-state index in [0.717, 1.165) is 27.6 Å². The van der Waals surface area contributed by atoms with Crippen molar-refractivity contribution in [3.63, 3.8) is 0 Å². The second-order valence-corrected chi connectivity index (χ2v) is 5.72. The van der Waals surface area contributed by atoms with Gasteiger partial charge >= 0.3 is 0 Å². The van der Waals surface area contributed by atoms with Crippen LogP contribution in [-0.4, -0.2) is 10.2 Å². The minimum Gasteiger partial charge on any atom is -0.487 e. The molecule has 0 aliphatic rings. The molecule has 5 heteroatoms. The molecule has 0 bridgehead atoms. The molecule has 0 aliphatic heterocycles. The largest absolute Gasteiger partial charge is 0.487 e. The number of ether oxygens (including phenoxy) is 1. The molecule has 0 spiro atoms. The van der Waals surface area contributed by atoms with E-state index in [1.54, 1.807) is 12.1 Å². The molecule has 1 heterocycles. The van der Waals surface area contributed by atoms with Crippen molar-refractivity contribution >= 4 is 23.2 Å². The van der Waals surface area contributed by atoms with Gasteiger partial charge in [-0.1, -0.05) is 37.0 Å². The predicted molar refractivity (Wildman–Crippen MR) is 81.7 cm³/mol. The number of hydrogen-bond acceptors (Lipinski definition) is 3. The highest BCUT2D eigenvalue weighted by Crippen LogP contribution is 2.31. The van der Waals surface area contributed by atoms with Crippen LogP contribution in [0.2, 0.25) is 10.2 Å². The normalized spacial score (nSPS) is 10.9. The predicted octanol–water partition coefficient (Wildman–Crippen LogP) is 4.79. The Balaban J connectivity index is 2.16. The molecular weight excluding hydrogens is 295 g/mol. The van der Waals surface area contributed by atoms with Crippen LogP contribution >= 0.6 is 23.2 Å². The molecule has 2 aromatic rings.